The van der Waals surface area contributed by atoms with Gasteiger partial charge in [-0.3, -0.25) is 4.79 Å². The molecule has 4 nitrogen and oxygen atoms in total. The van der Waals surface area contributed by atoms with Crippen molar-refractivity contribution in [3.8, 4) is 0 Å². The Balaban J connectivity index is 2.33. The lowest BCUT2D eigenvalue weighted by Gasteiger charge is -2.07. The van der Waals surface area contributed by atoms with Crippen molar-refractivity contribution >= 4 is 23.6 Å². The Bertz CT molecular complexity index is 474. The molecule has 0 saturated carbocycles. The lowest BCUT2D eigenvalue weighted by molar-refractivity contribution is -0.120. The van der Waals surface area contributed by atoms with Crippen molar-refractivity contribution < 1.29 is 27.9 Å². The van der Waals surface area contributed by atoms with Crippen molar-refractivity contribution in [3.05, 3.63) is 35.4 Å². The van der Waals surface area contributed by atoms with Crippen LogP contribution in [0.3, 0.4) is 0 Å². The van der Waals surface area contributed by atoms with Crippen LogP contribution < -0.4 is 5.32 Å². The third-order valence-electron chi connectivity index (χ3n) is 2.26. The molecule has 0 unspecified atom stereocenters. The van der Waals surface area contributed by atoms with Crippen LogP contribution in [0.2, 0.25) is 0 Å². The fourth-order valence-electron chi connectivity index (χ4n) is 1.37. The number of halogens is 3. The van der Waals surface area contributed by atoms with Gasteiger partial charge in [-0.05, 0) is 29.5 Å². The van der Waals surface area contributed by atoms with Crippen molar-refractivity contribution in [3.63, 3.8) is 0 Å². The molecular weight excluding hydrogens is 295 g/mol. The van der Waals surface area contributed by atoms with E-state index in [1.165, 1.54) is 24.3 Å². The van der Waals surface area contributed by atoms with Crippen molar-refractivity contribution in [1.29, 1.82) is 0 Å². The molecule has 1 rings (SSSR count). The number of carboxylic acid groups (broad SMARTS) is 1. The zero-order chi connectivity index (χ0) is 15.2. The van der Waals surface area contributed by atoms with Crippen molar-refractivity contribution in [2.24, 2.45) is 0 Å². The predicted molar refractivity (Wildman–Crippen MR) is 68.6 cm³/mol. The fraction of sp³-hybridized carbons (Fsp3) is 0.333. The molecule has 0 radical (unpaired) electrons. The summed E-state index contributed by atoms with van der Waals surface area (Å²) in [5.74, 6) is -1.71. The van der Waals surface area contributed by atoms with Gasteiger partial charge in [-0.25, -0.2) is 4.79 Å². The second kappa shape index (κ2) is 7.18. The number of carbonyl (C=O) groups is 2. The van der Waals surface area contributed by atoms with Gasteiger partial charge in [0.2, 0.25) is 5.91 Å². The fourth-order valence-corrected chi connectivity index (χ4v) is 1.81. The molecule has 1 aromatic carbocycles. The predicted octanol–water partition coefficient (Wildman–Crippen LogP) is 2.30. The molecule has 1 aromatic rings. The average Bonchev–Trinajstić information content (AvgIpc) is 2.34. The van der Waals surface area contributed by atoms with Crippen LogP contribution in [0.1, 0.15) is 15.9 Å². The van der Waals surface area contributed by atoms with E-state index in [2.05, 4.69) is 5.32 Å². The lowest BCUT2D eigenvalue weighted by atomic mass is 10.1. The number of amides is 1. The molecular formula is C12H12F3NO3S. The van der Waals surface area contributed by atoms with E-state index in [-0.39, 0.29) is 36.0 Å². The molecule has 0 aliphatic carbocycles. The van der Waals surface area contributed by atoms with Crippen molar-refractivity contribution in [2.75, 3.05) is 12.3 Å². The third-order valence-corrected chi connectivity index (χ3v) is 2.99. The Morgan fingerprint density at radius 2 is 1.80 bits per heavy atom. The van der Waals surface area contributed by atoms with Gasteiger partial charge in [0.05, 0.1) is 12.0 Å². The van der Waals surface area contributed by atoms with Crippen LogP contribution >= 0.6 is 11.8 Å². The standard InChI is InChI=1S/C12H12F3NO3S/c13-12(14,15)20-6-5-16-10(17)7-8-1-3-9(4-2-8)11(18)19/h1-4H,5-7H2,(H,16,17)(H,18,19). The number of carbonyl (C=O) groups excluding carboxylic acids is 1. The summed E-state index contributed by atoms with van der Waals surface area (Å²) in [6.07, 6.45) is -0.00339. The van der Waals surface area contributed by atoms with Crippen molar-refractivity contribution in [1.82, 2.24) is 5.32 Å². The number of carboxylic acids is 1. The van der Waals surface area contributed by atoms with Crippen LogP contribution in [0.4, 0.5) is 13.2 Å². The number of thioether (sulfide) groups is 1. The van der Waals surface area contributed by atoms with Gasteiger partial charge in [0.1, 0.15) is 0 Å². The largest absolute Gasteiger partial charge is 0.478 e. The zero-order valence-corrected chi connectivity index (χ0v) is 11.1. The number of hydrogen-bond acceptors (Lipinski definition) is 3. The molecule has 0 aliphatic heterocycles. The maximum absolute atomic E-state index is 11.8. The number of nitrogens with one attached hydrogen (secondary N) is 1. The summed E-state index contributed by atoms with van der Waals surface area (Å²) in [7, 11) is 0. The molecule has 20 heavy (non-hydrogen) atoms. The van der Waals surface area contributed by atoms with E-state index in [0.29, 0.717) is 5.56 Å². The average molecular weight is 307 g/mol. The SMILES string of the molecule is O=C(Cc1ccc(C(=O)O)cc1)NCCSC(F)(F)F. The van der Waals surface area contributed by atoms with E-state index >= 15 is 0 Å². The summed E-state index contributed by atoms with van der Waals surface area (Å²) in [6, 6.07) is 5.72. The second-order valence-electron chi connectivity index (χ2n) is 3.82. The van der Waals surface area contributed by atoms with E-state index in [0.717, 1.165) is 0 Å². The van der Waals surface area contributed by atoms with Gasteiger partial charge in [0.15, 0.2) is 0 Å². The zero-order valence-electron chi connectivity index (χ0n) is 10.2. The first-order valence-electron chi connectivity index (χ1n) is 5.57. The molecule has 1 amide bonds. The minimum atomic E-state index is -4.29. The molecule has 0 bridgehead atoms. The molecule has 0 aliphatic rings. The van der Waals surface area contributed by atoms with Gasteiger partial charge in [-0.1, -0.05) is 12.1 Å². The summed E-state index contributed by atoms with van der Waals surface area (Å²) in [5.41, 5.74) is -3.59. The molecule has 0 spiro atoms. The molecule has 8 heteroatoms. The highest BCUT2D eigenvalue weighted by molar-refractivity contribution is 8.00. The summed E-state index contributed by atoms with van der Waals surface area (Å²) in [5, 5.41) is 11.1. The van der Waals surface area contributed by atoms with Crippen LogP contribution in [0, 0.1) is 0 Å². The molecule has 0 atom stereocenters. The first-order valence-corrected chi connectivity index (χ1v) is 6.56. The molecule has 0 saturated heterocycles. The Morgan fingerprint density at radius 1 is 1.20 bits per heavy atom. The first kappa shape index (κ1) is 16.4. The second-order valence-corrected chi connectivity index (χ2v) is 4.98. The van der Waals surface area contributed by atoms with E-state index in [9.17, 15) is 22.8 Å². The Kier molecular flexibility index (Phi) is 5.87. The van der Waals surface area contributed by atoms with Gasteiger partial charge in [0.25, 0.3) is 0 Å². The van der Waals surface area contributed by atoms with Crippen LogP contribution in [0.15, 0.2) is 24.3 Å². The van der Waals surface area contributed by atoms with Gasteiger partial charge < -0.3 is 10.4 Å². The number of aromatic carboxylic acids is 1. The quantitative estimate of drug-likeness (QED) is 0.791. The van der Waals surface area contributed by atoms with E-state index in [1.807, 2.05) is 0 Å². The summed E-state index contributed by atoms with van der Waals surface area (Å²) in [6.45, 7) is -0.0732. The maximum atomic E-state index is 11.8. The highest BCUT2D eigenvalue weighted by Gasteiger charge is 2.27. The monoisotopic (exact) mass is 307 g/mol. The van der Waals surface area contributed by atoms with Gasteiger partial charge in [-0.2, -0.15) is 13.2 Å². The first-order chi connectivity index (χ1) is 9.28. The Hall–Kier alpha value is -1.70. The smallest absolute Gasteiger partial charge is 0.441 e. The highest BCUT2D eigenvalue weighted by atomic mass is 32.2. The normalized spacial score (nSPS) is 11.2. The minimum absolute atomic E-state index is 0.00339. The van der Waals surface area contributed by atoms with Crippen molar-refractivity contribution in [2.45, 2.75) is 11.9 Å². The van der Waals surface area contributed by atoms with Gasteiger partial charge >= 0.3 is 11.5 Å². The molecule has 2 N–H and O–H groups in total. The van der Waals surface area contributed by atoms with E-state index in [4.69, 9.17) is 5.11 Å². The van der Waals surface area contributed by atoms with Gasteiger partial charge in [0, 0.05) is 12.3 Å². The summed E-state index contributed by atoms with van der Waals surface area (Å²) in [4.78, 5) is 22.1. The number of hydrogen-bond donors (Lipinski definition) is 2. The van der Waals surface area contributed by atoms with E-state index < -0.39 is 17.4 Å². The summed E-state index contributed by atoms with van der Waals surface area (Å²) < 4.78 is 35.5. The van der Waals surface area contributed by atoms with E-state index in [1.54, 1.807) is 0 Å². The van der Waals surface area contributed by atoms with Gasteiger partial charge in [-0.15, -0.1) is 0 Å². The molecule has 110 valence electrons. The van der Waals surface area contributed by atoms with Crippen LogP contribution in [0.5, 0.6) is 0 Å². The molecule has 0 aromatic heterocycles. The topological polar surface area (TPSA) is 66.4 Å². The molecule has 0 heterocycles. The summed E-state index contributed by atoms with van der Waals surface area (Å²) >= 11 is -0.193. The van der Waals surface area contributed by atoms with Crippen LogP contribution in [-0.4, -0.2) is 34.8 Å². The Morgan fingerprint density at radius 3 is 2.30 bits per heavy atom. The van der Waals surface area contributed by atoms with Crippen LogP contribution in [-0.2, 0) is 11.2 Å². The van der Waals surface area contributed by atoms with Crippen LogP contribution in [0.25, 0.3) is 0 Å². The number of alkyl halides is 3. The minimum Gasteiger partial charge on any atom is -0.478 e. The number of benzene rings is 1. The Labute approximate surface area is 117 Å². The molecule has 0 fully saturated rings. The maximum Gasteiger partial charge on any atom is 0.441 e. The highest BCUT2D eigenvalue weighted by Crippen LogP contribution is 2.29. The number of rotatable bonds is 6. The third kappa shape index (κ3) is 6.46. The lowest BCUT2D eigenvalue weighted by Crippen LogP contribution is -2.27.